The van der Waals surface area contributed by atoms with E-state index in [0.29, 0.717) is 28.9 Å². The van der Waals surface area contributed by atoms with E-state index in [1.807, 2.05) is 48.5 Å². The average molecular weight is 420 g/mol. The molecule has 0 spiro atoms. The van der Waals surface area contributed by atoms with E-state index in [9.17, 15) is 4.79 Å². The maximum atomic E-state index is 12.8. The van der Waals surface area contributed by atoms with E-state index in [1.165, 1.54) is 10.9 Å². The third-order valence-electron chi connectivity index (χ3n) is 4.52. The molecule has 3 aromatic heterocycles. The van der Waals surface area contributed by atoms with E-state index < -0.39 is 0 Å². The Balaban J connectivity index is 1.42. The van der Waals surface area contributed by atoms with Crippen LogP contribution in [0.15, 0.2) is 70.2 Å². The van der Waals surface area contributed by atoms with Gasteiger partial charge in [0.25, 0.3) is 5.56 Å². The number of benzene rings is 2. The van der Waals surface area contributed by atoms with E-state index in [2.05, 4.69) is 25.4 Å². The number of fused-ring (bicyclic) bond motifs is 1. The molecule has 0 amide bonds. The molecule has 0 N–H and O–H groups in total. The Kier molecular flexibility index (Phi) is 4.56. The van der Waals surface area contributed by atoms with Crippen molar-refractivity contribution in [2.75, 3.05) is 0 Å². The fraction of sp³-hybridized carbons (Fsp3) is 0.100. The Hall–Kier alpha value is -3.85. The van der Waals surface area contributed by atoms with Crippen LogP contribution in [0, 0.1) is 0 Å². The predicted molar refractivity (Wildman–Crippen MR) is 109 cm³/mol. The molecule has 2 aromatic carbocycles. The van der Waals surface area contributed by atoms with Crippen LogP contribution in [0.5, 0.6) is 0 Å². The molecule has 0 bridgehead atoms. The SMILES string of the molecule is O=c1c2nnn(Cc3cccc(Cl)c3)c2ncn1Cc1nc(-c2ccccc2)no1. The van der Waals surface area contributed by atoms with Gasteiger partial charge in [-0.2, -0.15) is 4.98 Å². The highest BCUT2D eigenvalue weighted by Crippen LogP contribution is 2.16. The molecule has 9 nitrogen and oxygen atoms in total. The van der Waals surface area contributed by atoms with Gasteiger partial charge in [-0.3, -0.25) is 9.36 Å². The molecule has 10 heteroatoms. The first kappa shape index (κ1) is 18.2. The van der Waals surface area contributed by atoms with Crippen molar-refractivity contribution in [2.45, 2.75) is 13.1 Å². The van der Waals surface area contributed by atoms with Crippen molar-refractivity contribution in [1.29, 1.82) is 0 Å². The lowest BCUT2D eigenvalue weighted by Crippen LogP contribution is -2.21. The minimum Gasteiger partial charge on any atom is -0.337 e. The summed E-state index contributed by atoms with van der Waals surface area (Å²) in [4.78, 5) is 21.5. The Labute approximate surface area is 174 Å². The van der Waals surface area contributed by atoms with E-state index in [0.717, 1.165) is 11.1 Å². The van der Waals surface area contributed by atoms with Gasteiger partial charge in [0.05, 0.1) is 6.54 Å². The molecule has 0 radical (unpaired) electrons. The summed E-state index contributed by atoms with van der Waals surface area (Å²) in [6.07, 6.45) is 1.43. The van der Waals surface area contributed by atoms with Crippen LogP contribution >= 0.6 is 11.6 Å². The van der Waals surface area contributed by atoms with Crippen LogP contribution in [0.3, 0.4) is 0 Å². The van der Waals surface area contributed by atoms with Crippen molar-refractivity contribution in [3.63, 3.8) is 0 Å². The van der Waals surface area contributed by atoms with Gasteiger partial charge in [0.15, 0.2) is 11.2 Å². The zero-order valence-corrected chi connectivity index (χ0v) is 16.3. The highest BCUT2D eigenvalue weighted by molar-refractivity contribution is 6.30. The fourth-order valence-corrected chi connectivity index (χ4v) is 3.30. The van der Waals surface area contributed by atoms with Crippen molar-refractivity contribution in [2.24, 2.45) is 0 Å². The molecular weight excluding hydrogens is 406 g/mol. The molecule has 30 heavy (non-hydrogen) atoms. The van der Waals surface area contributed by atoms with Crippen molar-refractivity contribution in [3.05, 3.63) is 87.8 Å². The lowest BCUT2D eigenvalue weighted by molar-refractivity contribution is 0.369. The summed E-state index contributed by atoms with van der Waals surface area (Å²) in [6.45, 7) is 0.486. The van der Waals surface area contributed by atoms with Crippen LogP contribution in [-0.4, -0.2) is 34.7 Å². The number of rotatable bonds is 5. The highest BCUT2D eigenvalue weighted by Gasteiger charge is 2.15. The number of nitrogens with zero attached hydrogens (tertiary/aromatic N) is 7. The van der Waals surface area contributed by atoms with Crippen molar-refractivity contribution >= 4 is 22.8 Å². The van der Waals surface area contributed by atoms with Gasteiger partial charge in [-0.05, 0) is 17.7 Å². The molecular formula is C20H14ClN7O2. The summed E-state index contributed by atoms with van der Waals surface area (Å²) in [7, 11) is 0. The fourth-order valence-electron chi connectivity index (χ4n) is 3.08. The second kappa shape index (κ2) is 7.53. The molecule has 0 saturated heterocycles. The molecule has 0 fully saturated rings. The lowest BCUT2D eigenvalue weighted by atomic mass is 10.2. The summed E-state index contributed by atoms with van der Waals surface area (Å²) in [6, 6.07) is 16.8. The van der Waals surface area contributed by atoms with E-state index in [4.69, 9.17) is 16.1 Å². The van der Waals surface area contributed by atoms with E-state index >= 15 is 0 Å². The third kappa shape index (κ3) is 3.46. The minimum absolute atomic E-state index is 0.0861. The van der Waals surface area contributed by atoms with Crippen LogP contribution in [0.1, 0.15) is 11.5 Å². The minimum atomic E-state index is -0.336. The number of aromatic nitrogens is 7. The van der Waals surface area contributed by atoms with Crippen LogP contribution in [-0.2, 0) is 13.1 Å². The van der Waals surface area contributed by atoms with E-state index in [1.54, 1.807) is 10.7 Å². The average Bonchev–Trinajstić information content (AvgIpc) is 3.39. The van der Waals surface area contributed by atoms with Crippen LogP contribution in [0.25, 0.3) is 22.6 Å². The Morgan fingerprint density at radius 1 is 1.03 bits per heavy atom. The zero-order chi connectivity index (χ0) is 20.5. The molecule has 5 rings (SSSR count). The van der Waals surface area contributed by atoms with Gasteiger partial charge in [0.1, 0.15) is 12.9 Å². The third-order valence-corrected chi connectivity index (χ3v) is 4.75. The van der Waals surface area contributed by atoms with Gasteiger partial charge in [-0.25, -0.2) is 9.67 Å². The quantitative estimate of drug-likeness (QED) is 0.431. The molecule has 3 heterocycles. The monoisotopic (exact) mass is 419 g/mol. The summed E-state index contributed by atoms with van der Waals surface area (Å²) in [5.74, 6) is 0.753. The van der Waals surface area contributed by atoms with Crippen LogP contribution in [0.4, 0.5) is 0 Å². The molecule has 0 atom stereocenters. The molecule has 0 saturated carbocycles. The van der Waals surface area contributed by atoms with E-state index in [-0.39, 0.29) is 17.6 Å². The predicted octanol–water partition coefficient (Wildman–Crippen LogP) is 2.79. The van der Waals surface area contributed by atoms with Crippen molar-refractivity contribution in [1.82, 2.24) is 34.7 Å². The molecule has 5 aromatic rings. The summed E-state index contributed by atoms with van der Waals surface area (Å²) in [5.41, 5.74) is 1.99. The number of halogens is 1. The van der Waals surface area contributed by atoms with Gasteiger partial charge in [0, 0.05) is 10.6 Å². The topological polar surface area (TPSA) is 105 Å². The molecule has 0 aliphatic heterocycles. The second-order valence-electron chi connectivity index (χ2n) is 6.60. The molecule has 0 aliphatic rings. The largest absolute Gasteiger partial charge is 0.337 e. The maximum Gasteiger partial charge on any atom is 0.283 e. The first-order chi connectivity index (χ1) is 14.7. The first-order valence-corrected chi connectivity index (χ1v) is 9.46. The summed E-state index contributed by atoms with van der Waals surface area (Å²) >= 11 is 6.03. The van der Waals surface area contributed by atoms with Gasteiger partial charge in [-0.15, -0.1) is 5.10 Å². The molecule has 0 unspecified atom stereocenters. The van der Waals surface area contributed by atoms with Gasteiger partial charge in [-0.1, -0.05) is 64.4 Å². The first-order valence-electron chi connectivity index (χ1n) is 9.08. The van der Waals surface area contributed by atoms with Gasteiger partial charge in [0.2, 0.25) is 11.7 Å². The second-order valence-corrected chi connectivity index (χ2v) is 7.04. The van der Waals surface area contributed by atoms with Gasteiger partial charge >= 0.3 is 0 Å². The maximum absolute atomic E-state index is 12.8. The zero-order valence-electron chi connectivity index (χ0n) is 15.5. The smallest absolute Gasteiger partial charge is 0.283 e. The van der Waals surface area contributed by atoms with Crippen molar-refractivity contribution in [3.8, 4) is 11.4 Å². The normalized spacial score (nSPS) is 11.2. The standard InChI is InChI=1S/C20H14ClN7O2/c21-15-8-4-5-13(9-15)10-28-19-17(24-26-28)20(29)27(12-22-19)11-16-23-18(25-30-16)14-6-2-1-3-7-14/h1-9,12H,10-11H2. The summed E-state index contributed by atoms with van der Waals surface area (Å²) < 4.78 is 8.21. The highest BCUT2D eigenvalue weighted by atomic mass is 35.5. The molecule has 148 valence electrons. The molecule has 0 aliphatic carbocycles. The Bertz CT molecular complexity index is 1390. The lowest BCUT2D eigenvalue weighted by Gasteiger charge is -2.04. The van der Waals surface area contributed by atoms with Gasteiger partial charge < -0.3 is 4.52 Å². The summed E-state index contributed by atoms with van der Waals surface area (Å²) in [5, 5.41) is 12.7. The number of hydrogen-bond donors (Lipinski definition) is 0. The Morgan fingerprint density at radius 2 is 1.90 bits per heavy atom. The van der Waals surface area contributed by atoms with Crippen molar-refractivity contribution < 1.29 is 4.52 Å². The Morgan fingerprint density at radius 3 is 2.73 bits per heavy atom. The van der Waals surface area contributed by atoms with Crippen LogP contribution < -0.4 is 5.56 Å². The number of hydrogen-bond acceptors (Lipinski definition) is 7. The van der Waals surface area contributed by atoms with Crippen LogP contribution in [0.2, 0.25) is 5.02 Å².